The zero-order valence-corrected chi connectivity index (χ0v) is 18.1. The van der Waals surface area contributed by atoms with E-state index in [1.54, 1.807) is 13.1 Å². The summed E-state index contributed by atoms with van der Waals surface area (Å²) in [6.45, 7) is 1.76. The highest BCUT2D eigenvalue weighted by Gasteiger charge is 2.24. The van der Waals surface area contributed by atoms with Gasteiger partial charge in [0.05, 0.1) is 5.69 Å². The van der Waals surface area contributed by atoms with Crippen LogP contribution in [0.25, 0.3) is 10.8 Å². The van der Waals surface area contributed by atoms with E-state index in [4.69, 9.17) is 10.3 Å². The van der Waals surface area contributed by atoms with Gasteiger partial charge in [-0.25, -0.2) is 13.8 Å². The molecule has 174 valence electrons. The maximum Gasteiger partial charge on any atom is 0.257 e. The molecule has 0 spiro atoms. The molecular weight excluding hydrogens is 444 g/mol. The summed E-state index contributed by atoms with van der Waals surface area (Å²) >= 11 is 0. The number of anilines is 1. The SMILES string of the molecule is Cc1nocc1C(=O)N[C@@H](Cc1ccc(F)c(F)c1)C(=O)NCc1ccc2c(N)nccc2c1. The highest BCUT2D eigenvalue weighted by Crippen LogP contribution is 2.20. The van der Waals surface area contributed by atoms with Crippen molar-refractivity contribution in [3.8, 4) is 0 Å². The van der Waals surface area contributed by atoms with Gasteiger partial charge in [-0.05, 0) is 47.7 Å². The van der Waals surface area contributed by atoms with Crippen LogP contribution < -0.4 is 16.4 Å². The predicted molar refractivity (Wildman–Crippen MR) is 121 cm³/mol. The first kappa shape index (κ1) is 22.8. The lowest BCUT2D eigenvalue weighted by molar-refractivity contribution is -0.123. The summed E-state index contributed by atoms with van der Waals surface area (Å²) in [6, 6.07) is 9.57. The van der Waals surface area contributed by atoms with Gasteiger partial charge in [0.15, 0.2) is 11.6 Å². The lowest BCUT2D eigenvalue weighted by Crippen LogP contribution is -2.48. The van der Waals surface area contributed by atoms with Gasteiger partial charge >= 0.3 is 0 Å². The first-order valence-corrected chi connectivity index (χ1v) is 10.4. The molecule has 4 rings (SSSR count). The molecule has 0 aliphatic carbocycles. The second kappa shape index (κ2) is 9.65. The summed E-state index contributed by atoms with van der Waals surface area (Å²) in [5.41, 5.74) is 7.55. The van der Waals surface area contributed by atoms with E-state index >= 15 is 0 Å². The summed E-state index contributed by atoms with van der Waals surface area (Å²) in [7, 11) is 0. The summed E-state index contributed by atoms with van der Waals surface area (Å²) in [4.78, 5) is 29.7. The maximum atomic E-state index is 13.7. The van der Waals surface area contributed by atoms with Gasteiger partial charge in [0.1, 0.15) is 23.7 Å². The Morgan fingerprint density at radius 3 is 2.62 bits per heavy atom. The number of nitrogens with zero attached hydrogens (tertiary/aromatic N) is 2. The monoisotopic (exact) mass is 465 g/mol. The number of hydrogen-bond donors (Lipinski definition) is 3. The number of fused-ring (bicyclic) bond motifs is 1. The Balaban J connectivity index is 1.52. The predicted octanol–water partition coefficient (Wildman–Crippen LogP) is 3.05. The summed E-state index contributed by atoms with van der Waals surface area (Å²) in [6.07, 6.45) is 2.71. The maximum absolute atomic E-state index is 13.7. The zero-order valence-electron chi connectivity index (χ0n) is 18.1. The van der Waals surface area contributed by atoms with Crippen LogP contribution in [0.1, 0.15) is 27.2 Å². The molecule has 34 heavy (non-hydrogen) atoms. The number of aryl methyl sites for hydroxylation is 1. The number of halogens is 2. The number of rotatable bonds is 7. The molecule has 2 heterocycles. The van der Waals surface area contributed by atoms with Crippen LogP contribution in [0, 0.1) is 18.6 Å². The van der Waals surface area contributed by atoms with E-state index < -0.39 is 29.5 Å². The standard InChI is InChI=1S/C24H21F2N5O3/c1-13-18(12-34-31-13)23(32)30-21(10-14-3-5-19(25)20(26)9-14)24(33)29-11-15-2-4-17-16(8-15)6-7-28-22(17)27/h2-9,12,21H,10-11H2,1H3,(H2,27,28)(H,29,33)(H,30,32)/t21-/m0/s1. The molecule has 2 amide bonds. The molecule has 4 aromatic rings. The van der Waals surface area contributed by atoms with Crippen molar-refractivity contribution >= 4 is 28.4 Å². The van der Waals surface area contributed by atoms with Crippen LogP contribution in [-0.2, 0) is 17.8 Å². The molecule has 0 bridgehead atoms. The van der Waals surface area contributed by atoms with Crippen molar-refractivity contribution < 1.29 is 22.9 Å². The van der Waals surface area contributed by atoms with Crippen LogP contribution >= 0.6 is 0 Å². The molecule has 0 aliphatic heterocycles. The van der Waals surface area contributed by atoms with Crippen molar-refractivity contribution in [1.29, 1.82) is 0 Å². The van der Waals surface area contributed by atoms with Gasteiger partial charge in [-0.15, -0.1) is 0 Å². The fraction of sp³-hybridized carbons (Fsp3) is 0.167. The third kappa shape index (κ3) is 5.01. The number of pyridine rings is 1. The second-order valence-corrected chi connectivity index (χ2v) is 7.76. The van der Waals surface area contributed by atoms with Gasteiger partial charge in [-0.3, -0.25) is 9.59 Å². The molecule has 10 heteroatoms. The highest BCUT2D eigenvalue weighted by atomic mass is 19.2. The lowest BCUT2D eigenvalue weighted by Gasteiger charge is -2.19. The lowest BCUT2D eigenvalue weighted by atomic mass is 10.0. The van der Waals surface area contributed by atoms with Gasteiger partial charge in [0.25, 0.3) is 5.91 Å². The fourth-order valence-electron chi connectivity index (χ4n) is 3.53. The van der Waals surface area contributed by atoms with Crippen LogP contribution in [0.3, 0.4) is 0 Å². The van der Waals surface area contributed by atoms with E-state index in [0.717, 1.165) is 28.5 Å². The number of nitrogens with one attached hydrogen (secondary N) is 2. The molecule has 2 aromatic carbocycles. The molecule has 1 atom stereocenters. The van der Waals surface area contributed by atoms with Gasteiger partial charge in [-0.1, -0.05) is 23.4 Å². The van der Waals surface area contributed by atoms with E-state index in [-0.39, 0.29) is 18.5 Å². The van der Waals surface area contributed by atoms with Crippen molar-refractivity contribution in [2.24, 2.45) is 0 Å². The largest absolute Gasteiger partial charge is 0.383 e. The van der Waals surface area contributed by atoms with Crippen molar-refractivity contribution in [1.82, 2.24) is 20.8 Å². The first-order valence-electron chi connectivity index (χ1n) is 10.4. The zero-order chi connectivity index (χ0) is 24.2. The Morgan fingerprint density at radius 2 is 1.88 bits per heavy atom. The molecule has 8 nitrogen and oxygen atoms in total. The smallest absolute Gasteiger partial charge is 0.257 e. The molecule has 0 unspecified atom stereocenters. The minimum Gasteiger partial charge on any atom is -0.383 e. The number of aromatic nitrogens is 2. The van der Waals surface area contributed by atoms with Crippen LogP contribution in [-0.4, -0.2) is 28.0 Å². The third-order valence-electron chi connectivity index (χ3n) is 5.37. The van der Waals surface area contributed by atoms with Gasteiger partial charge < -0.3 is 20.9 Å². The minimum absolute atomic E-state index is 0.0565. The Bertz CT molecular complexity index is 1370. The van der Waals surface area contributed by atoms with Gasteiger partial charge in [-0.2, -0.15) is 0 Å². The number of hydrogen-bond acceptors (Lipinski definition) is 6. The van der Waals surface area contributed by atoms with Crippen molar-refractivity contribution in [3.63, 3.8) is 0 Å². The molecule has 0 radical (unpaired) electrons. The van der Waals surface area contributed by atoms with E-state index in [1.165, 1.54) is 12.3 Å². The number of amides is 2. The fourth-order valence-corrected chi connectivity index (χ4v) is 3.53. The molecule has 0 saturated carbocycles. The van der Waals surface area contributed by atoms with Crippen molar-refractivity contribution in [2.75, 3.05) is 5.73 Å². The third-order valence-corrected chi connectivity index (χ3v) is 5.37. The number of carbonyl (C=O) groups is 2. The van der Waals surface area contributed by atoms with E-state index in [1.807, 2.05) is 24.3 Å². The van der Waals surface area contributed by atoms with Crippen molar-refractivity contribution in [2.45, 2.75) is 25.9 Å². The Labute approximate surface area is 193 Å². The summed E-state index contributed by atoms with van der Waals surface area (Å²) in [5.74, 6) is -2.70. The number of nitrogens with two attached hydrogens (primary N) is 1. The minimum atomic E-state index is -1.06. The molecule has 0 saturated heterocycles. The summed E-state index contributed by atoms with van der Waals surface area (Å²) < 4.78 is 31.8. The Morgan fingerprint density at radius 1 is 1.09 bits per heavy atom. The quantitative estimate of drug-likeness (QED) is 0.386. The Kier molecular flexibility index (Phi) is 6.48. The average Bonchev–Trinajstić information content (AvgIpc) is 3.25. The molecule has 4 N–H and O–H groups in total. The van der Waals surface area contributed by atoms with Crippen LogP contribution in [0.5, 0.6) is 0 Å². The van der Waals surface area contributed by atoms with Gasteiger partial charge in [0.2, 0.25) is 5.91 Å². The first-order chi connectivity index (χ1) is 16.3. The molecule has 0 fully saturated rings. The average molecular weight is 465 g/mol. The highest BCUT2D eigenvalue weighted by molar-refractivity contribution is 5.98. The summed E-state index contributed by atoms with van der Waals surface area (Å²) in [5, 5.41) is 10.7. The van der Waals surface area contributed by atoms with E-state index in [2.05, 4.69) is 20.8 Å². The normalized spacial score (nSPS) is 11.9. The van der Waals surface area contributed by atoms with Crippen LogP contribution in [0.4, 0.5) is 14.6 Å². The topological polar surface area (TPSA) is 123 Å². The Hall–Kier alpha value is -4.34. The van der Waals surface area contributed by atoms with Crippen LogP contribution in [0.2, 0.25) is 0 Å². The molecular formula is C24H21F2N5O3. The number of benzene rings is 2. The van der Waals surface area contributed by atoms with E-state index in [0.29, 0.717) is 17.1 Å². The van der Waals surface area contributed by atoms with E-state index in [9.17, 15) is 18.4 Å². The van der Waals surface area contributed by atoms with Crippen LogP contribution in [0.15, 0.2) is 59.4 Å². The molecule has 0 aliphatic rings. The number of nitrogen functional groups attached to an aromatic ring is 1. The number of carbonyl (C=O) groups excluding carboxylic acids is 2. The second-order valence-electron chi connectivity index (χ2n) is 7.76. The van der Waals surface area contributed by atoms with Crippen molar-refractivity contribution in [3.05, 3.63) is 88.9 Å². The van der Waals surface area contributed by atoms with Gasteiger partial charge in [0, 0.05) is 24.5 Å². The molecule has 2 aromatic heterocycles.